The van der Waals surface area contributed by atoms with Gasteiger partial charge in [0.05, 0.1) is 17.6 Å². The second kappa shape index (κ2) is 5.71. The standard InChI is InChI=1S/C13H12F4N2O2S/c1-22(20,21)7-6-19-11(8-18-12(19)13(15,16)17)9-2-4-10(14)5-3-9/h2-5,8H,6-7H2,1H3. The summed E-state index contributed by atoms with van der Waals surface area (Å²) >= 11 is 0. The summed E-state index contributed by atoms with van der Waals surface area (Å²) in [4.78, 5) is 3.34. The number of hydrogen-bond acceptors (Lipinski definition) is 3. The molecule has 9 heteroatoms. The van der Waals surface area contributed by atoms with E-state index in [1.807, 2.05) is 0 Å². The van der Waals surface area contributed by atoms with Crippen molar-refractivity contribution < 1.29 is 26.0 Å². The molecule has 0 saturated carbocycles. The quantitative estimate of drug-likeness (QED) is 0.807. The van der Waals surface area contributed by atoms with Crippen LogP contribution in [0.5, 0.6) is 0 Å². The van der Waals surface area contributed by atoms with Crippen molar-refractivity contribution in [1.82, 2.24) is 9.55 Å². The summed E-state index contributed by atoms with van der Waals surface area (Å²) in [5.74, 6) is -2.17. The van der Waals surface area contributed by atoms with Crippen LogP contribution >= 0.6 is 0 Å². The second-order valence-corrected chi connectivity index (χ2v) is 7.01. The molecule has 22 heavy (non-hydrogen) atoms. The number of alkyl halides is 3. The normalized spacial score (nSPS) is 12.6. The lowest BCUT2D eigenvalue weighted by Crippen LogP contribution is -2.19. The van der Waals surface area contributed by atoms with E-state index < -0.39 is 33.4 Å². The molecule has 0 bridgehead atoms. The van der Waals surface area contributed by atoms with Gasteiger partial charge in [0.15, 0.2) is 0 Å². The largest absolute Gasteiger partial charge is 0.449 e. The molecule has 0 radical (unpaired) electrons. The minimum absolute atomic E-state index is 0.0796. The highest BCUT2D eigenvalue weighted by atomic mass is 32.2. The van der Waals surface area contributed by atoms with Crippen molar-refractivity contribution in [3.8, 4) is 11.3 Å². The molecule has 4 nitrogen and oxygen atoms in total. The third kappa shape index (κ3) is 3.85. The molecule has 0 atom stereocenters. The van der Waals surface area contributed by atoms with Gasteiger partial charge in [-0.3, -0.25) is 0 Å². The van der Waals surface area contributed by atoms with Gasteiger partial charge in [-0.05, 0) is 29.8 Å². The molecular formula is C13H12F4N2O2S. The summed E-state index contributed by atoms with van der Waals surface area (Å²) in [6.07, 6.45) is -2.77. The van der Waals surface area contributed by atoms with Crippen molar-refractivity contribution in [2.45, 2.75) is 12.7 Å². The number of nitrogens with zero attached hydrogens (tertiary/aromatic N) is 2. The monoisotopic (exact) mass is 336 g/mol. The molecule has 0 aliphatic rings. The van der Waals surface area contributed by atoms with Crippen LogP contribution < -0.4 is 0 Å². The highest BCUT2D eigenvalue weighted by Crippen LogP contribution is 2.32. The van der Waals surface area contributed by atoms with E-state index in [1.54, 1.807) is 0 Å². The fraction of sp³-hybridized carbons (Fsp3) is 0.308. The Hall–Kier alpha value is -1.90. The van der Waals surface area contributed by atoms with Gasteiger partial charge in [0.1, 0.15) is 15.7 Å². The second-order valence-electron chi connectivity index (χ2n) is 4.75. The van der Waals surface area contributed by atoms with E-state index in [9.17, 15) is 26.0 Å². The fourth-order valence-corrected chi connectivity index (χ4v) is 2.45. The lowest BCUT2D eigenvalue weighted by molar-refractivity contribution is -0.147. The van der Waals surface area contributed by atoms with Crippen molar-refractivity contribution in [2.24, 2.45) is 0 Å². The molecule has 1 aromatic heterocycles. The molecule has 0 aliphatic heterocycles. The predicted molar refractivity (Wildman–Crippen MR) is 72.3 cm³/mol. The Morgan fingerprint density at radius 1 is 1.18 bits per heavy atom. The summed E-state index contributed by atoms with van der Waals surface area (Å²) < 4.78 is 75.0. The number of aromatic nitrogens is 2. The minimum atomic E-state index is -4.71. The summed E-state index contributed by atoms with van der Waals surface area (Å²) in [5, 5.41) is 0. The first kappa shape index (κ1) is 16.5. The number of rotatable bonds is 4. The molecule has 1 heterocycles. The average Bonchev–Trinajstić information content (AvgIpc) is 2.80. The van der Waals surface area contributed by atoms with Gasteiger partial charge in [0, 0.05) is 12.8 Å². The van der Waals surface area contributed by atoms with Crippen LogP contribution in [0.1, 0.15) is 5.82 Å². The number of benzene rings is 1. The maximum Gasteiger partial charge on any atom is 0.449 e. The van der Waals surface area contributed by atoms with Crippen LogP contribution in [0, 0.1) is 5.82 Å². The zero-order valence-corrected chi connectivity index (χ0v) is 12.2. The van der Waals surface area contributed by atoms with Gasteiger partial charge in [-0.2, -0.15) is 13.2 Å². The average molecular weight is 336 g/mol. The van der Waals surface area contributed by atoms with E-state index in [0.29, 0.717) is 5.56 Å². The number of sulfone groups is 1. The topological polar surface area (TPSA) is 52.0 Å². The Bertz CT molecular complexity index is 764. The lowest BCUT2D eigenvalue weighted by Gasteiger charge is -2.13. The first-order valence-corrected chi connectivity index (χ1v) is 8.20. The molecule has 120 valence electrons. The SMILES string of the molecule is CS(=O)(=O)CCn1c(-c2ccc(F)cc2)cnc1C(F)(F)F. The summed E-state index contributed by atoms with van der Waals surface area (Å²) in [6.45, 7) is -0.389. The van der Waals surface area contributed by atoms with Crippen LogP contribution in [0.4, 0.5) is 17.6 Å². The van der Waals surface area contributed by atoms with E-state index in [2.05, 4.69) is 4.98 Å². The Kier molecular flexibility index (Phi) is 4.28. The number of imidazole rings is 1. The van der Waals surface area contributed by atoms with Crippen LogP contribution in [-0.4, -0.2) is 30.0 Å². The van der Waals surface area contributed by atoms with Crippen molar-refractivity contribution >= 4 is 9.84 Å². The van der Waals surface area contributed by atoms with Gasteiger partial charge in [0.2, 0.25) is 5.82 Å². The first-order chi connectivity index (χ1) is 10.1. The van der Waals surface area contributed by atoms with Gasteiger partial charge >= 0.3 is 6.18 Å². The maximum absolute atomic E-state index is 13.0. The molecular weight excluding hydrogens is 324 g/mol. The highest BCUT2D eigenvalue weighted by molar-refractivity contribution is 7.90. The summed E-state index contributed by atoms with van der Waals surface area (Å²) in [7, 11) is -3.44. The van der Waals surface area contributed by atoms with E-state index >= 15 is 0 Å². The number of halogens is 4. The lowest BCUT2D eigenvalue weighted by atomic mass is 10.1. The predicted octanol–water partition coefficient (Wildman–Crippen LogP) is 2.75. The molecule has 0 saturated heterocycles. The molecule has 2 rings (SSSR count). The molecule has 0 spiro atoms. The zero-order chi connectivity index (χ0) is 16.5. The van der Waals surface area contributed by atoms with Crippen molar-refractivity contribution in [1.29, 1.82) is 0 Å². The van der Waals surface area contributed by atoms with E-state index in [4.69, 9.17) is 0 Å². The molecule has 0 aliphatic carbocycles. The summed E-state index contributed by atoms with van der Waals surface area (Å²) in [6, 6.07) is 4.83. The molecule has 0 unspecified atom stereocenters. The van der Waals surface area contributed by atoms with Gasteiger partial charge in [-0.25, -0.2) is 17.8 Å². The Labute approximate surface area is 124 Å². The van der Waals surface area contributed by atoms with Crippen LogP contribution in [0.3, 0.4) is 0 Å². The first-order valence-electron chi connectivity index (χ1n) is 6.14. The van der Waals surface area contributed by atoms with Crippen LogP contribution in [0.2, 0.25) is 0 Å². The smallest absolute Gasteiger partial charge is 0.319 e. The molecule has 2 aromatic rings. The van der Waals surface area contributed by atoms with Crippen molar-refractivity contribution in [3.05, 3.63) is 42.1 Å². The fourth-order valence-electron chi connectivity index (χ4n) is 1.94. The third-order valence-electron chi connectivity index (χ3n) is 2.93. The Morgan fingerprint density at radius 3 is 2.27 bits per heavy atom. The van der Waals surface area contributed by atoms with E-state index in [-0.39, 0.29) is 12.2 Å². The van der Waals surface area contributed by atoms with Crippen molar-refractivity contribution in [2.75, 3.05) is 12.0 Å². The molecule has 0 fully saturated rings. The Morgan fingerprint density at radius 2 is 1.77 bits per heavy atom. The summed E-state index contributed by atoms with van der Waals surface area (Å²) in [5.41, 5.74) is 0.397. The third-order valence-corrected chi connectivity index (χ3v) is 3.86. The van der Waals surface area contributed by atoms with Crippen molar-refractivity contribution in [3.63, 3.8) is 0 Å². The van der Waals surface area contributed by atoms with Gasteiger partial charge in [-0.1, -0.05) is 0 Å². The zero-order valence-electron chi connectivity index (χ0n) is 11.4. The molecule has 0 amide bonds. The van der Waals surface area contributed by atoms with Gasteiger partial charge < -0.3 is 4.57 Å². The maximum atomic E-state index is 13.0. The van der Waals surface area contributed by atoms with Crippen LogP contribution in [0.15, 0.2) is 30.5 Å². The van der Waals surface area contributed by atoms with Gasteiger partial charge in [-0.15, -0.1) is 0 Å². The highest BCUT2D eigenvalue weighted by Gasteiger charge is 2.37. The van der Waals surface area contributed by atoms with Crippen LogP contribution in [-0.2, 0) is 22.6 Å². The van der Waals surface area contributed by atoms with E-state index in [0.717, 1.165) is 29.2 Å². The molecule has 1 aromatic carbocycles. The van der Waals surface area contributed by atoms with E-state index in [1.165, 1.54) is 12.1 Å². The minimum Gasteiger partial charge on any atom is -0.319 e. The number of hydrogen-bond donors (Lipinski definition) is 0. The van der Waals surface area contributed by atoms with Crippen LogP contribution in [0.25, 0.3) is 11.3 Å². The molecule has 0 N–H and O–H groups in total. The van der Waals surface area contributed by atoms with Gasteiger partial charge in [0.25, 0.3) is 0 Å². The Balaban J connectivity index is 2.50.